The number of halogens is 2. The Morgan fingerprint density at radius 3 is 2.55 bits per heavy atom. The van der Waals surface area contributed by atoms with E-state index in [-0.39, 0.29) is 5.91 Å². The molecule has 1 amide bonds. The summed E-state index contributed by atoms with van der Waals surface area (Å²) >= 11 is 12.1. The highest BCUT2D eigenvalue weighted by Gasteiger charge is 2.15. The lowest BCUT2D eigenvalue weighted by atomic mass is 10.2. The second-order valence-corrected chi connectivity index (χ2v) is 5.07. The van der Waals surface area contributed by atoms with E-state index in [9.17, 15) is 4.79 Å². The van der Waals surface area contributed by atoms with Gasteiger partial charge in [0.15, 0.2) is 0 Å². The number of hydrogen-bond donors (Lipinski definition) is 2. The van der Waals surface area contributed by atoms with Gasteiger partial charge in [-0.15, -0.1) is 0 Å². The van der Waals surface area contributed by atoms with Crippen LogP contribution in [0.4, 0.5) is 5.69 Å². The summed E-state index contributed by atoms with van der Waals surface area (Å²) in [5.41, 5.74) is 0.552. The van der Waals surface area contributed by atoms with Crippen LogP contribution in [0.2, 0.25) is 10.0 Å². The maximum atomic E-state index is 12.0. The minimum absolute atomic E-state index is 0.169. The first-order valence-electron chi connectivity index (χ1n) is 6.08. The molecule has 1 aromatic heterocycles. The Kier molecular flexibility index (Phi) is 4.93. The van der Waals surface area contributed by atoms with Gasteiger partial charge in [-0.2, -0.15) is 0 Å². The Labute approximate surface area is 127 Å². The number of nitrogens with one attached hydrogen (secondary N) is 2. The van der Waals surface area contributed by atoms with Gasteiger partial charge in [-0.25, -0.2) is 0 Å². The molecule has 0 fully saturated rings. The Hall–Kier alpha value is -1.65. The summed E-state index contributed by atoms with van der Waals surface area (Å²) in [6.07, 6.45) is 1.56. The molecule has 4 nitrogen and oxygen atoms in total. The van der Waals surface area contributed by atoms with Gasteiger partial charge in [0.05, 0.1) is 28.5 Å². The van der Waals surface area contributed by atoms with Crippen LogP contribution in [0.25, 0.3) is 0 Å². The first kappa shape index (κ1) is 14.8. The van der Waals surface area contributed by atoms with E-state index in [1.807, 2.05) is 0 Å². The van der Waals surface area contributed by atoms with Gasteiger partial charge in [-0.1, -0.05) is 29.3 Å². The predicted molar refractivity (Wildman–Crippen MR) is 80.1 cm³/mol. The van der Waals surface area contributed by atoms with Crippen molar-refractivity contribution >= 4 is 34.8 Å². The van der Waals surface area contributed by atoms with E-state index in [1.54, 1.807) is 43.5 Å². The average molecular weight is 313 g/mol. The van der Waals surface area contributed by atoms with Crippen molar-refractivity contribution in [3.63, 3.8) is 0 Å². The summed E-state index contributed by atoms with van der Waals surface area (Å²) in [7, 11) is 0. The number of rotatable bonds is 5. The molecule has 106 valence electrons. The van der Waals surface area contributed by atoms with Crippen LogP contribution >= 0.6 is 23.2 Å². The van der Waals surface area contributed by atoms with Gasteiger partial charge in [-0.05, 0) is 31.2 Å². The normalized spacial score (nSPS) is 11.9. The number of anilines is 1. The zero-order valence-corrected chi connectivity index (χ0v) is 12.3. The average Bonchev–Trinajstić information content (AvgIpc) is 2.93. The lowest BCUT2D eigenvalue weighted by molar-refractivity contribution is -0.121. The van der Waals surface area contributed by atoms with Crippen molar-refractivity contribution in [3.05, 3.63) is 52.4 Å². The van der Waals surface area contributed by atoms with Gasteiger partial charge in [0.2, 0.25) is 5.91 Å². The fraction of sp³-hybridized carbons (Fsp3) is 0.214. The smallest absolute Gasteiger partial charge is 0.242 e. The lowest BCUT2D eigenvalue weighted by Crippen LogP contribution is -2.37. The van der Waals surface area contributed by atoms with Crippen molar-refractivity contribution in [1.82, 2.24) is 5.32 Å². The molecule has 2 rings (SSSR count). The molecule has 6 heteroatoms. The molecular formula is C14H14Cl2N2O2. The standard InChI is InChI=1S/C14H14Cl2N2O2/c1-9(14(19)17-8-10-4-3-7-20-10)18-13-11(15)5-2-6-12(13)16/h2-7,9,18H,8H2,1H3,(H,17,19). The number of carbonyl (C=O) groups is 1. The summed E-state index contributed by atoms with van der Waals surface area (Å²) in [6, 6.07) is 8.27. The predicted octanol–water partition coefficient (Wildman–Crippen LogP) is 3.70. The highest BCUT2D eigenvalue weighted by atomic mass is 35.5. The van der Waals surface area contributed by atoms with Crippen molar-refractivity contribution in [2.45, 2.75) is 19.5 Å². The zero-order valence-electron chi connectivity index (χ0n) is 10.8. The molecule has 2 aromatic rings. The lowest BCUT2D eigenvalue weighted by Gasteiger charge is -2.16. The topological polar surface area (TPSA) is 54.3 Å². The Morgan fingerprint density at radius 1 is 1.25 bits per heavy atom. The largest absolute Gasteiger partial charge is 0.467 e. The molecule has 1 atom stereocenters. The molecule has 0 spiro atoms. The number of amides is 1. The van der Waals surface area contributed by atoms with E-state index in [0.717, 1.165) is 0 Å². The summed E-state index contributed by atoms with van der Waals surface area (Å²) in [5, 5.41) is 6.71. The van der Waals surface area contributed by atoms with Crippen LogP contribution in [-0.4, -0.2) is 11.9 Å². The first-order valence-corrected chi connectivity index (χ1v) is 6.84. The molecule has 2 N–H and O–H groups in total. The summed E-state index contributed by atoms with van der Waals surface area (Å²) < 4.78 is 5.14. The molecule has 1 heterocycles. The maximum Gasteiger partial charge on any atom is 0.242 e. The number of carbonyl (C=O) groups excluding carboxylic acids is 1. The molecule has 0 saturated heterocycles. The molecule has 0 bridgehead atoms. The molecular weight excluding hydrogens is 299 g/mol. The third-order valence-electron chi connectivity index (χ3n) is 2.73. The second kappa shape index (κ2) is 6.68. The van der Waals surface area contributed by atoms with Crippen LogP contribution in [0.5, 0.6) is 0 Å². The number of benzene rings is 1. The number of furan rings is 1. The number of hydrogen-bond acceptors (Lipinski definition) is 3. The summed E-state index contributed by atoms with van der Waals surface area (Å²) in [5.74, 6) is 0.527. The molecule has 0 aliphatic rings. The van der Waals surface area contributed by atoms with E-state index >= 15 is 0 Å². The molecule has 0 saturated carbocycles. The van der Waals surface area contributed by atoms with Crippen molar-refractivity contribution in [2.24, 2.45) is 0 Å². The van der Waals surface area contributed by atoms with Gasteiger partial charge in [-0.3, -0.25) is 4.79 Å². The van der Waals surface area contributed by atoms with Crippen molar-refractivity contribution in [1.29, 1.82) is 0 Å². The molecule has 0 aliphatic carbocycles. The van der Waals surface area contributed by atoms with E-state index in [0.29, 0.717) is 28.0 Å². The van der Waals surface area contributed by atoms with Crippen molar-refractivity contribution in [2.75, 3.05) is 5.32 Å². The van der Waals surface area contributed by atoms with Gasteiger partial charge < -0.3 is 15.1 Å². The fourth-order valence-electron chi connectivity index (χ4n) is 1.66. The fourth-order valence-corrected chi connectivity index (χ4v) is 2.16. The molecule has 1 unspecified atom stereocenters. The Bertz CT molecular complexity index is 565. The number of para-hydroxylation sites is 1. The summed E-state index contributed by atoms with van der Waals surface area (Å²) in [4.78, 5) is 12.0. The van der Waals surface area contributed by atoms with Crippen LogP contribution in [0.1, 0.15) is 12.7 Å². The van der Waals surface area contributed by atoms with Crippen LogP contribution in [0.15, 0.2) is 41.0 Å². The van der Waals surface area contributed by atoms with Crippen LogP contribution in [0, 0.1) is 0 Å². The quantitative estimate of drug-likeness (QED) is 0.885. The monoisotopic (exact) mass is 312 g/mol. The van der Waals surface area contributed by atoms with E-state index in [1.165, 1.54) is 0 Å². The third kappa shape index (κ3) is 3.68. The van der Waals surface area contributed by atoms with Crippen LogP contribution in [-0.2, 0) is 11.3 Å². The Balaban J connectivity index is 1.94. The summed E-state index contributed by atoms with van der Waals surface area (Å²) in [6.45, 7) is 2.07. The van der Waals surface area contributed by atoms with E-state index in [2.05, 4.69) is 10.6 Å². The van der Waals surface area contributed by atoms with E-state index in [4.69, 9.17) is 27.6 Å². The third-order valence-corrected chi connectivity index (χ3v) is 3.36. The van der Waals surface area contributed by atoms with Gasteiger partial charge in [0, 0.05) is 0 Å². The van der Waals surface area contributed by atoms with Crippen molar-refractivity contribution in [3.8, 4) is 0 Å². The highest BCUT2D eigenvalue weighted by molar-refractivity contribution is 6.39. The Morgan fingerprint density at radius 2 is 1.95 bits per heavy atom. The SMILES string of the molecule is CC(Nc1c(Cl)cccc1Cl)C(=O)NCc1ccco1. The maximum absolute atomic E-state index is 12.0. The van der Waals surface area contributed by atoms with Gasteiger partial charge in [0.25, 0.3) is 0 Å². The zero-order chi connectivity index (χ0) is 14.5. The van der Waals surface area contributed by atoms with Crippen LogP contribution < -0.4 is 10.6 Å². The molecule has 0 radical (unpaired) electrons. The van der Waals surface area contributed by atoms with Gasteiger partial charge in [0.1, 0.15) is 11.8 Å². The second-order valence-electron chi connectivity index (χ2n) is 4.26. The molecule has 0 aliphatic heterocycles. The molecule has 1 aromatic carbocycles. The van der Waals surface area contributed by atoms with E-state index < -0.39 is 6.04 Å². The first-order chi connectivity index (χ1) is 9.58. The minimum Gasteiger partial charge on any atom is -0.467 e. The minimum atomic E-state index is -0.470. The van der Waals surface area contributed by atoms with Crippen LogP contribution in [0.3, 0.4) is 0 Å². The van der Waals surface area contributed by atoms with Gasteiger partial charge >= 0.3 is 0 Å². The van der Waals surface area contributed by atoms with Crippen molar-refractivity contribution < 1.29 is 9.21 Å². The molecule has 20 heavy (non-hydrogen) atoms. The highest BCUT2D eigenvalue weighted by Crippen LogP contribution is 2.30.